The summed E-state index contributed by atoms with van der Waals surface area (Å²) in [7, 11) is 0. The monoisotopic (exact) mass is 252 g/mol. The predicted molar refractivity (Wildman–Crippen MR) is 72.2 cm³/mol. The number of ether oxygens (including phenoxy) is 1. The van der Waals surface area contributed by atoms with E-state index in [1.165, 1.54) is 31.2 Å². The van der Waals surface area contributed by atoms with Crippen LogP contribution < -0.4 is 0 Å². The van der Waals surface area contributed by atoms with Crippen LogP contribution in [0.1, 0.15) is 38.2 Å². The second-order valence-corrected chi connectivity index (χ2v) is 5.70. The Labute approximate surface area is 109 Å². The molecule has 1 aliphatic rings. The third-order valence-corrected chi connectivity index (χ3v) is 3.92. The first kappa shape index (κ1) is 12.9. The largest absolute Gasteiger partial charge is 0.376 e. The van der Waals surface area contributed by atoms with Crippen molar-refractivity contribution in [1.29, 1.82) is 0 Å². The molecule has 0 amide bonds. The average molecular weight is 253 g/mol. The molecule has 1 aliphatic carbocycles. The van der Waals surface area contributed by atoms with Crippen LogP contribution >= 0.6 is 11.6 Å². The SMILES string of the molecule is CC1CCC(COCc2ccc(Cl)cc2)CC1. The Morgan fingerprint density at radius 1 is 1.12 bits per heavy atom. The van der Waals surface area contributed by atoms with Crippen molar-refractivity contribution in [3.8, 4) is 0 Å². The lowest BCUT2D eigenvalue weighted by Gasteiger charge is -2.25. The maximum Gasteiger partial charge on any atom is 0.0717 e. The summed E-state index contributed by atoms with van der Waals surface area (Å²) in [6.07, 6.45) is 5.41. The van der Waals surface area contributed by atoms with Gasteiger partial charge in [0.05, 0.1) is 6.61 Å². The van der Waals surface area contributed by atoms with Crippen molar-refractivity contribution in [2.24, 2.45) is 11.8 Å². The van der Waals surface area contributed by atoms with Crippen molar-refractivity contribution in [3.63, 3.8) is 0 Å². The van der Waals surface area contributed by atoms with Gasteiger partial charge in [-0.15, -0.1) is 0 Å². The first-order valence-electron chi connectivity index (χ1n) is 6.56. The molecule has 0 aliphatic heterocycles. The highest BCUT2D eigenvalue weighted by molar-refractivity contribution is 6.30. The molecule has 0 radical (unpaired) electrons. The molecular formula is C15H21ClO. The van der Waals surface area contributed by atoms with Crippen LogP contribution in [0.15, 0.2) is 24.3 Å². The fraction of sp³-hybridized carbons (Fsp3) is 0.600. The summed E-state index contributed by atoms with van der Waals surface area (Å²) in [5.74, 6) is 1.70. The maximum atomic E-state index is 5.84. The molecule has 17 heavy (non-hydrogen) atoms. The zero-order chi connectivity index (χ0) is 12.1. The molecule has 1 fully saturated rings. The summed E-state index contributed by atoms with van der Waals surface area (Å²) < 4.78 is 5.79. The van der Waals surface area contributed by atoms with Gasteiger partial charge in [-0.25, -0.2) is 0 Å². The topological polar surface area (TPSA) is 9.23 Å². The van der Waals surface area contributed by atoms with Gasteiger partial charge in [0, 0.05) is 11.6 Å². The lowest BCUT2D eigenvalue weighted by atomic mass is 9.83. The highest BCUT2D eigenvalue weighted by atomic mass is 35.5. The highest BCUT2D eigenvalue weighted by Gasteiger charge is 2.17. The van der Waals surface area contributed by atoms with Crippen LogP contribution in [0.25, 0.3) is 0 Å². The van der Waals surface area contributed by atoms with E-state index < -0.39 is 0 Å². The fourth-order valence-electron chi connectivity index (χ4n) is 2.42. The van der Waals surface area contributed by atoms with E-state index in [4.69, 9.17) is 16.3 Å². The molecule has 0 N–H and O–H groups in total. The van der Waals surface area contributed by atoms with Gasteiger partial charge in [-0.2, -0.15) is 0 Å². The van der Waals surface area contributed by atoms with Crippen molar-refractivity contribution in [2.45, 2.75) is 39.2 Å². The summed E-state index contributed by atoms with van der Waals surface area (Å²) in [4.78, 5) is 0. The van der Waals surface area contributed by atoms with Gasteiger partial charge < -0.3 is 4.74 Å². The van der Waals surface area contributed by atoms with E-state index in [9.17, 15) is 0 Å². The van der Waals surface area contributed by atoms with Crippen LogP contribution in [0.2, 0.25) is 5.02 Å². The molecule has 0 unspecified atom stereocenters. The van der Waals surface area contributed by atoms with E-state index in [1.54, 1.807) is 0 Å². The van der Waals surface area contributed by atoms with Gasteiger partial charge in [0.2, 0.25) is 0 Å². The third-order valence-electron chi connectivity index (χ3n) is 3.67. The predicted octanol–water partition coefficient (Wildman–Crippen LogP) is 4.68. The molecule has 2 heteroatoms. The van der Waals surface area contributed by atoms with Crippen LogP contribution in [0.5, 0.6) is 0 Å². The standard InChI is InChI=1S/C15H21ClO/c1-12-2-4-13(5-3-12)10-17-11-14-6-8-15(16)9-7-14/h6-9,12-13H,2-5,10-11H2,1H3. The molecule has 1 aromatic rings. The summed E-state index contributed by atoms with van der Waals surface area (Å²) in [6, 6.07) is 7.90. The Bertz CT molecular complexity index is 325. The minimum atomic E-state index is 0.712. The van der Waals surface area contributed by atoms with Crippen molar-refractivity contribution in [1.82, 2.24) is 0 Å². The minimum Gasteiger partial charge on any atom is -0.376 e. The first-order chi connectivity index (χ1) is 8.24. The normalized spacial score (nSPS) is 24.8. The van der Waals surface area contributed by atoms with Gasteiger partial charge in [-0.1, -0.05) is 43.5 Å². The van der Waals surface area contributed by atoms with Crippen molar-refractivity contribution in [2.75, 3.05) is 6.61 Å². The number of hydrogen-bond donors (Lipinski definition) is 0. The van der Waals surface area contributed by atoms with E-state index >= 15 is 0 Å². The van der Waals surface area contributed by atoms with E-state index in [0.29, 0.717) is 6.61 Å². The Balaban J connectivity index is 1.67. The first-order valence-corrected chi connectivity index (χ1v) is 6.94. The zero-order valence-corrected chi connectivity index (χ0v) is 11.2. The lowest BCUT2D eigenvalue weighted by molar-refractivity contribution is 0.0684. The molecular weight excluding hydrogens is 232 g/mol. The van der Waals surface area contributed by atoms with Crippen molar-refractivity contribution >= 4 is 11.6 Å². The van der Waals surface area contributed by atoms with Crippen LogP contribution in [-0.4, -0.2) is 6.61 Å². The quantitative estimate of drug-likeness (QED) is 0.756. The molecule has 94 valence electrons. The molecule has 0 saturated heterocycles. The van der Waals surface area contributed by atoms with Crippen molar-refractivity contribution < 1.29 is 4.74 Å². The zero-order valence-electron chi connectivity index (χ0n) is 10.5. The number of halogens is 1. The molecule has 2 rings (SSSR count). The molecule has 0 heterocycles. The van der Waals surface area contributed by atoms with Crippen LogP contribution in [0.3, 0.4) is 0 Å². The van der Waals surface area contributed by atoms with Crippen LogP contribution in [-0.2, 0) is 11.3 Å². The average Bonchev–Trinajstić information content (AvgIpc) is 2.34. The number of hydrogen-bond acceptors (Lipinski definition) is 1. The van der Waals surface area contributed by atoms with Crippen molar-refractivity contribution in [3.05, 3.63) is 34.9 Å². The Morgan fingerprint density at radius 2 is 1.76 bits per heavy atom. The van der Waals surface area contributed by atoms with E-state index in [2.05, 4.69) is 6.92 Å². The van der Waals surface area contributed by atoms with Crippen LogP contribution in [0.4, 0.5) is 0 Å². The highest BCUT2D eigenvalue weighted by Crippen LogP contribution is 2.28. The summed E-state index contributed by atoms with van der Waals surface area (Å²) in [5, 5.41) is 0.787. The number of benzene rings is 1. The molecule has 0 bridgehead atoms. The smallest absolute Gasteiger partial charge is 0.0717 e. The van der Waals surface area contributed by atoms with E-state index in [-0.39, 0.29) is 0 Å². The molecule has 0 spiro atoms. The minimum absolute atomic E-state index is 0.712. The van der Waals surface area contributed by atoms with Gasteiger partial charge >= 0.3 is 0 Å². The number of rotatable bonds is 4. The van der Waals surface area contributed by atoms with E-state index in [0.717, 1.165) is 23.5 Å². The van der Waals surface area contributed by atoms with Crippen LogP contribution in [0, 0.1) is 11.8 Å². The summed E-state index contributed by atoms with van der Waals surface area (Å²) in [5.41, 5.74) is 1.21. The Kier molecular flexibility index (Phi) is 4.87. The van der Waals surface area contributed by atoms with Gasteiger partial charge in [-0.05, 0) is 42.4 Å². The Morgan fingerprint density at radius 3 is 2.41 bits per heavy atom. The maximum absolute atomic E-state index is 5.84. The van der Waals surface area contributed by atoms with Gasteiger partial charge in [0.1, 0.15) is 0 Å². The summed E-state index contributed by atoms with van der Waals surface area (Å²) >= 11 is 5.84. The second-order valence-electron chi connectivity index (χ2n) is 5.27. The summed E-state index contributed by atoms with van der Waals surface area (Å²) in [6.45, 7) is 3.98. The molecule has 1 aromatic carbocycles. The third kappa shape index (κ3) is 4.33. The van der Waals surface area contributed by atoms with Gasteiger partial charge in [-0.3, -0.25) is 0 Å². The molecule has 0 aromatic heterocycles. The van der Waals surface area contributed by atoms with Gasteiger partial charge in [0.15, 0.2) is 0 Å². The van der Waals surface area contributed by atoms with Gasteiger partial charge in [0.25, 0.3) is 0 Å². The molecule has 1 saturated carbocycles. The fourth-order valence-corrected chi connectivity index (χ4v) is 2.55. The second kappa shape index (κ2) is 6.42. The molecule has 1 nitrogen and oxygen atoms in total. The lowest BCUT2D eigenvalue weighted by Crippen LogP contribution is -2.17. The Hall–Kier alpha value is -0.530. The molecule has 0 atom stereocenters. The van der Waals surface area contributed by atoms with E-state index in [1.807, 2.05) is 24.3 Å².